The molecule has 6 nitrogen and oxygen atoms in total. The molecule has 0 bridgehead atoms. The zero-order chi connectivity index (χ0) is 20.0. The van der Waals surface area contributed by atoms with Crippen LogP contribution in [0.3, 0.4) is 0 Å². The minimum Gasteiger partial charge on any atom is -0.467 e. The van der Waals surface area contributed by atoms with Gasteiger partial charge in [0.2, 0.25) is 5.91 Å². The van der Waals surface area contributed by atoms with Crippen LogP contribution < -0.4 is 10.2 Å². The molecule has 5 rings (SSSR count). The predicted octanol–water partition coefficient (Wildman–Crippen LogP) is 4.85. The molecule has 9 heteroatoms. The van der Waals surface area contributed by atoms with E-state index in [-0.39, 0.29) is 17.6 Å². The minimum atomic E-state index is -0.373. The van der Waals surface area contributed by atoms with Crippen LogP contribution in [0.5, 0.6) is 0 Å². The molecule has 0 saturated carbocycles. The van der Waals surface area contributed by atoms with Crippen molar-refractivity contribution >= 4 is 57.2 Å². The van der Waals surface area contributed by atoms with Crippen molar-refractivity contribution in [3.05, 3.63) is 65.3 Å². The van der Waals surface area contributed by atoms with Crippen molar-refractivity contribution in [3.63, 3.8) is 0 Å². The standard InChI is InChI=1S/C20H14FN3O3S2/c21-11-3-4-14-13(6-11)15(8-22-14)23-19(26)17-7-16-20(29-17)28-10-18(25)24(16)9-12-2-1-5-27-12/h1-8,22H,9-10H2,(H,23,26). The summed E-state index contributed by atoms with van der Waals surface area (Å²) in [5.41, 5.74) is 1.95. The van der Waals surface area contributed by atoms with Crippen LogP contribution in [-0.4, -0.2) is 22.6 Å². The van der Waals surface area contributed by atoms with Crippen molar-refractivity contribution < 1.29 is 18.4 Å². The summed E-state index contributed by atoms with van der Waals surface area (Å²) in [6.45, 7) is 0.318. The summed E-state index contributed by atoms with van der Waals surface area (Å²) in [6.07, 6.45) is 3.20. The van der Waals surface area contributed by atoms with Crippen LogP contribution in [0.15, 0.2) is 57.5 Å². The number of fused-ring (bicyclic) bond motifs is 2. The Kier molecular flexibility index (Phi) is 4.40. The highest BCUT2D eigenvalue weighted by molar-refractivity contribution is 8.02. The van der Waals surface area contributed by atoms with Crippen LogP contribution in [0.25, 0.3) is 10.9 Å². The second-order valence-electron chi connectivity index (χ2n) is 6.48. The van der Waals surface area contributed by atoms with Crippen molar-refractivity contribution in [2.75, 3.05) is 16.0 Å². The summed E-state index contributed by atoms with van der Waals surface area (Å²) in [4.78, 5) is 30.4. The van der Waals surface area contributed by atoms with Gasteiger partial charge >= 0.3 is 0 Å². The third kappa shape index (κ3) is 3.32. The number of rotatable bonds is 4. The van der Waals surface area contributed by atoms with Crippen molar-refractivity contribution in [1.29, 1.82) is 0 Å². The number of H-pyrrole nitrogens is 1. The highest BCUT2D eigenvalue weighted by Gasteiger charge is 2.29. The first-order chi connectivity index (χ1) is 14.1. The molecule has 0 spiro atoms. The normalized spacial score (nSPS) is 13.7. The van der Waals surface area contributed by atoms with E-state index in [4.69, 9.17) is 4.42 Å². The molecule has 1 aliphatic rings. The van der Waals surface area contributed by atoms with E-state index in [0.29, 0.717) is 39.7 Å². The smallest absolute Gasteiger partial charge is 0.265 e. The van der Waals surface area contributed by atoms with Crippen LogP contribution in [0.4, 0.5) is 15.8 Å². The Morgan fingerprint density at radius 3 is 3.03 bits per heavy atom. The van der Waals surface area contributed by atoms with Crippen LogP contribution in [0.1, 0.15) is 15.4 Å². The summed E-state index contributed by atoms with van der Waals surface area (Å²) in [5, 5.41) is 3.43. The third-order valence-corrected chi connectivity index (χ3v) is 6.99. The van der Waals surface area contributed by atoms with E-state index in [1.165, 1.54) is 35.2 Å². The van der Waals surface area contributed by atoms with Crippen LogP contribution in [0.2, 0.25) is 0 Å². The Morgan fingerprint density at radius 1 is 1.31 bits per heavy atom. The van der Waals surface area contributed by atoms with Gasteiger partial charge in [-0.3, -0.25) is 9.59 Å². The van der Waals surface area contributed by atoms with E-state index in [1.807, 2.05) is 6.07 Å². The SMILES string of the molecule is O=C(Nc1c[nH]c2ccc(F)cc12)c1cc2c(s1)SCC(=O)N2Cc1ccco1. The van der Waals surface area contributed by atoms with Crippen molar-refractivity contribution in [2.45, 2.75) is 10.8 Å². The maximum atomic E-state index is 13.6. The van der Waals surface area contributed by atoms with Crippen LogP contribution in [0, 0.1) is 5.82 Å². The van der Waals surface area contributed by atoms with Gasteiger partial charge in [0.25, 0.3) is 5.91 Å². The molecule has 1 aliphatic heterocycles. The molecular formula is C20H14FN3O3S2. The maximum absolute atomic E-state index is 13.6. The highest BCUT2D eigenvalue weighted by atomic mass is 32.2. The van der Waals surface area contributed by atoms with Gasteiger partial charge in [-0.15, -0.1) is 23.1 Å². The first-order valence-corrected chi connectivity index (χ1v) is 10.6. The van der Waals surface area contributed by atoms with Gasteiger partial charge in [0.05, 0.1) is 39.0 Å². The van der Waals surface area contributed by atoms with Crippen molar-refractivity contribution in [2.24, 2.45) is 0 Å². The molecule has 3 aromatic heterocycles. The van der Waals surface area contributed by atoms with E-state index < -0.39 is 0 Å². The fourth-order valence-electron chi connectivity index (χ4n) is 3.22. The molecule has 1 aromatic carbocycles. The van der Waals surface area contributed by atoms with E-state index in [9.17, 15) is 14.0 Å². The molecule has 2 N–H and O–H groups in total. The Labute approximate surface area is 172 Å². The molecule has 4 heterocycles. The number of hydrogen-bond donors (Lipinski definition) is 2. The van der Waals surface area contributed by atoms with E-state index in [0.717, 1.165) is 9.73 Å². The van der Waals surface area contributed by atoms with Crippen molar-refractivity contribution in [1.82, 2.24) is 4.98 Å². The number of halogens is 1. The largest absolute Gasteiger partial charge is 0.467 e. The van der Waals surface area contributed by atoms with Crippen LogP contribution in [-0.2, 0) is 11.3 Å². The van der Waals surface area contributed by atoms with Crippen LogP contribution >= 0.6 is 23.1 Å². The lowest BCUT2D eigenvalue weighted by Gasteiger charge is -2.25. The molecule has 0 aliphatic carbocycles. The highest BCUT2D eigenvalue weighted by Crippen LogP contribution is 2.43. The summed E-state index contributed by atoms with van der Waals surface area (Å²) in [7, 11) is 0. The average Bonchev–Trinajstić information content (AvgIpc) is 3.44. The number of benzene rings is 1. The fraction of sp³-hybridized carbons (Fsp3) is 0.100. The minimum absolute atomic E-state index is 0.0317. The van der Waals surface area contributed by atoms with Gasteiger partial charge < -0.3 is 19.6 Å². The number of nitrogens with zero attached hydrogens (tertiary/aromatic N) is 1. The van der Waals surface area contributed by atoms with Gasteiger partial charge in [-0.2, -0.15) is 0 Å². The first kappa shape index (κ1) is 18.0. The van der Waals surface area contributed by atoms with Gasteiger partial charge in [-0.1, -0.05) is 0 Å². The van der Waals surface area contributed by atoms with E-state index >= 15 is 0 Å². The lowest BCUT2D eigenvalue weighted by atomic mass is 10.2. The monoisotopic (exact) mass is 427 g/mol. The molecule has 29 heavy (non-hydrogen) atoms. The third-order valence-electron chi connectivity index (χ3n) is 4.61. The van der Waals surface area contributed by atoms with Gasteiger partial charge in [0, 0.05) is 17.1 Å². The molecule has 4 aromatic rings. The van der Waals surface area contributed by atoms with Gasteiger partial charge in [0.1, 0.15) is 11.6 Å². The maximum Gasteiger partial charge on any atom is 0.265 e. The number of thiophene rings is 1. The number of carbonyl (C=O) groups is 2. The number of carbonyl (C=O) groups excluding carboxylic acids is 2. The zero-order valence-electron chi connectivity index (χ0n) is 14.9. The van der Waals surface area contributed by atoms with E-state index in [2.05, 4.69) is 10.3 Å². The number of nitrogens with one attached hydrogen (secondary N) is 2. The van der Waals surface area contributed by atoms with Crippen molar-refractivity contribution in [3.8, 4) is 0 Å². The second kappa shape index (κ2) is 7.09. The number of furan rings is 1. The first-order valence-electron chi connectivity index (χ1n) is 8.76. The second-order valence-corrected chi connectivity index (χ2v) is 8.77. The molecule has 0 saturated heterocycles. The Hall–Kier alpha value is -3.04. The summed E-state index contributed by atoms with van der Waals surface area (Å²) in [5.74, 6) is 0.282. The topological polar surface area (TPSA) is 78.3 Å². The van der Waals surface area contributed by atoms with Gasteiger partial charge in [-0.25, -0.2) is 4.39 Å². The number of thioether (sulfide) groups is 1. The van der Waals surface area contributed by atoms with E-state index in [1.54, 1.807) is 35.6 Å². The molecular weight excluding hydrogens is 413 g/mol. The van der Waals surface area contributed by atoms with Gasteiger partial charge in [0.15, 0.2) is 0 Å². The lowest BCUT2D eigenvalue weighted by molar-refractivity contribution is -0.116. The summed E-state index contributed by atoms with van der Waals surface area (Å²) < 4.78 is 19.8. The number of anilines is 2. The number of aromatic amines is 1. The summed E-state index contributed by atoms with van der Waals surface area (Å²) in [6, 6.07) is 9.66. The van der Waals surface area contributed by atoms with Gasteiger partial charge in [-0.05, 0) is 36.4 Å². The Morgan fingerprint density at radius 2 is 2.21 bits per heavy atom. The zero-order valence-corrected chi connectivity index (χ0v) is 16.5. The molecule has 0 atom stereocenters. The Balaban J connectivity index is 1.42. The summed E-state index contributed by atoms with van der Waals surface area (Å²) >= 11 is 2.76. The Bertz CT molecular complexity index is 1230. The molecule has 2 amide bonds. The number of aromatic nitrogens is 1. The lowest BCUT2D eigenvalue weighted by Crippen LogP contribution is -2.34. The fourth-order valence-corrected chi connectivity index (χ4v) is 5.42. The number of hydrogen-bond acceptors (Lipinski definition) is 5. The molecule has 146 valence electrons. The quantitative estimate of drug-likeness (QED) is 0.488. The average molecular weight is 427 g/mol. The number of amides is 2. The molecule has 0 radical (unpaired) electrons. The predicted molar refractivity (Wildman–Crippen MR) is 111 cm³/mol. The molecule has 0 fully saturated rings. The molecule has 0 unspecified atom stereocenters.